The van der Waals surface area contributed by atoms with Crippen molar-refractivity contribution in [2.24, 2.45) is 10.2 Å². The fourth-order valence-electron chi connectivity index (χ4n) is 0.973. The van der Waals surface area contributed by atoms with Crippen LogP contribution in [0.15, 0.2) is 33.7 Å². The fraction of sp³-hybridized carbons (Fsp3) is 0.556. The van der Waals surface area contributed by atoms with Gasteiger partial charge in [0, 0.05) is 0 Å². The Labute approximate surface area is 67.7 Å². The summed E-state index contributed by atoms with van der Waals surface area (Å²) in [5.41, 5.74) is 2.14. The average molecular weight is 150 g/mol. The van der Waals surface area contributed by atoms with Crippen molar-refractivity contribution in [2.75, 3.05) is 0 Å². The van der Waals surface area contributed by atoms with Gasteiger partial charge in [0.05, 0.1) is 11.2 Å². The van der Waals surface area contributed by atoms with E-state index in [-0.39, 0.29) is 5.54 Å². The molecule has 1 rings (SSSR count). The van der Waals surface area contributed by atoms with Crippen LogP contribution < -0.4 is 0 Å². The number of nitrogens with zero attached hydrogens (tertiary/aromatic N) is 2. The highest BCUT2D eigenvalue weighted by Crippen LogP contribution is 2.23. The molecule has 60 valence electrons. The summed E-state index contributed by atoms with van der Waals surface area (Å²) in [4.78, 5) is 0. The lowest BCUT2D eigenvalue weighted by Gasteiger charge is -2.04. The molecule has 0 spiro atoms. The van der Waals surface area contributed by atoms with Gasteiger partial charge in [0.25, 0.3) is 0 Å². The zero-order valence-corrected chi connectivity index (χ0v) is 7.55. The molecule has 1 aliphatic rings. The van der Waals surface area contributed by atoms with Gasteiger partial charge in [-0.25, -0.2) is 0 Å². The van der Waals surface area contributed by atoms with Crippen LogP contribution in [0, 0.1) is 0 Å². The largest absolute Gasteiger partial charge is 0.178 e. The van der Waals surface area contributed by atoms with Gasteiger partial charge in [0.15, 0.2) is 0 Å². The highest BCUT2D eigenvalue weighted by atomic mass is 15.2. The van der Waals surface area contributed by atoms with E-state index in [0.717, 1.165) is 5.70 Å². The number of hydrogen-bond donors (Lipinski definition) is 0. The second-order valence-corrected chi connectivity index (χ2v) is 3.64. The van der Waals surface area contributed by atoms with Crippen LogP contribution in [0.1, 0.15) is 27.7 Å². The van der Waals surface area contributed by atoms with Gasteiger partial charge >= 0.3 is 0 Å². The number of rotatable bonds is 1. The molecule has 0 aromatic rings. The second kappa shape index (κ2) is 2.61. The van der Waals surface area contributed by atoms with E-state index in [4.69, 9.17) is 0 Å². The molecule has 2 nitrogen and oxygen atoms in total. The molecule has 11 heavy (non-hydrogen) atoms. The number of allylic oxidation sites excluding steroid dienone is 2. The van der Waals surface area contributed by atoms with Gasteiger partial charge in [-0.2, -0.15) is 10.2 Å². The molecular weight excluding hydrogens is 136 g/mol. The molecule has 0 aliphatic carbocycles. The molecule has 2 heteroatoms. The van der Waals surface area contributed by atoms with E-state index >= 15 is 0 Å². The van der Waals surface area contributed by atoms with Gasteiger partial charge in [-0.1, -0.05) is 5.57 Å². The lowest BCUT2D eigenvalue weighted by atomic mass is 10.1. The predicted octanol–water partition coefficient (Wildman–Crippen LogP) is 3.08. The van der Waals surface area contributed by atoms with Crippen molar-refractivity contribution in [3.05, 3.63) is 23.4 Å². The molecule has 0 fully saturated rings. The van der Waals surface area contributed by atoms with Crippen molar-refractivity contribution >= 4 is 0 Å². The first-order valence-electron chi connectivity index (χ1n) is 3.80. The Balaban J connectivity index is 2.81. The zero-order chi connectivity index (χ0) is 8.48. The summed E-state index contributed by atoms with van der Waals surface area (Å²) in [6.45, 7) is 8.20. The molecule has 0 aromatic heterocycles. The first-order chi connectivity index (χ1) is 4.99. The molecule has 0 saturated heterocycles. The molecule has 0 aromatic carbocycles. The topological polar surface area (TPSA) is 24.7 Å². The minimum atomic E-state index is -0.0959. The Kier molecular flexibility index (Phi) is 1.94. The van der Waals surface area contributed by atoms with Crippen LogP contribution in [-0.2, 0) is 0 Å². The fourth-order valence-corrected chi connectivity index (χ4v) is 0.973. The minimum absolute atomic E-state index is 0.0959. The third-order valence-electron chi connectivity index (χ3n) is 1.36. The van der Waals surface area contributed by atoms with Crippen molar-refractivity contribution in [3.63, 3.8) is 0 Å². The Morgan fingerprint density at radius 3 is 2.45 bits per heavy atom. The SMILES string of the molecule is CC(C)=CC1=CC(C)(C)N=N1. The van der Waals surface area contributed by atoms with Crippen LogP contribution in [0.5, 0.6) is 0 Å². The van der Waals surface area contributed by atoms with Crippen molar-refractivity contribution in [1.82, 2.24) is 0 Å². The van der Waals surface area contributed by atoms with E-state index in [1.807, 2.05) is 19.9 Å². The maximum Gasteiger partial charge on any atom is 0.0968 e. The standard InChI is InChI=1S/C9H14N2/c1-7(2)5-8-6-9(3,4)11-10-8/h5-6H,1-4H3. The normalized spacial score (nSPS) is 19.8. The van der Waals surface area contributed by atoms with Gasteiger partial charge < -0.3 is 0 Å². The molecule has 1 heterocycles. The summed E-state index contributed by atoms with van der Waals surface area (Å²) in [5, 5.41) is 8.13. The van der Waals surface area contributed by atoms with Gasteiger partial charge in [0.2, 0.25) is 0 Å². The first kappa shape index (κ1) is 8.18. The summed E-state index contributed by atoms with van der Waals surface area (Å²) in [6, 6.07) is 0. The van der Waals surface area contributed by atoms with Crippen LogP contribution in [0.25, 0.3) is 0 Å². The molecule has 0 radical (unpaired) electrons. The van der Waals surface area contributed by atoms with Crippen molar-refractivity contribution < 1.29 is 0 Å². The summed E-state index contributed by atoms with van der Waals surface area (Å²) >= 11 is 0. The minimum Gasteiger partial charge on any atom is -0.178 e. The Hall–Kier alpha value is -0.920. The molecule has 0 unspecified atom stereocenters. The molecule has 0 atom stereocenters. The highest BCUT2D eigenvalue weighted by Gasteiger charge is 2.18. The third-order valence-corrected chi connectivity index (χ3v) is 1.36. The van der Waals surface area contributed by atoms with Crippen molar-refractivity contribution in [2.45, 2.75) is 33.2 Å². The van der Waals surface area contributed by atoms with Crippen molar-refractivity contribution in [3.8, 4) is 0 Å². The lowest BCUT2D eigenvalue weighted by Crippen LogP contribution is -2.07. The third kappa shape index (κ3) is 2.30. The van der Waals surface area contributed by atoms with Gasteiger partial charge in [-0.05, 0) is 39.8 Å². The van der Waals surface area contributed by atoms with E-state index in [1.54, 1.807) is 0 Å². The molecule has 0 N–H and O–H groups in total. The van der Waals surface area contributed by atoms with E-state index in [0.29, 0.717) is 0 Å². The van der Waals surface area contributed by atoms with Crippen LogP contribution in [0.2, 0.25) is 0 Å². The van der Waals surface area contributed by atoms with E-state index < -0.39 is 0 Å². The summed E-state index contributed by atoms with van der Waals surface area (Å²) in [6.07, 6.45) is 4.11. The lowest BCUT2D eigenvalue weighted by molar-refractivity contribution is 0.644. The molecule has 1 aliphatic heterocycles. The Morgan fingerprint density at radius 2 is 2.09 bits per heavy atom. The summed E-state index contributed by atoms with van der Waals surface area (Å²) in [7, 11) is 0. The maximum absolute atomic E-state index is 4.09. The van der Waals surface area contributed by atoms with Crippen LogP contribution >= 0.6 is 0 Å². The number of hydrogen-bond acceptors (Lipinski definition) is 2. The summed E-state index contributed by atoms with van der Waals surface area (Å²) in [5.74, 6) is 0. The smallest absolute Gasteiger partial charge is 0.0968 e. The molecule has 0 saturated carbocycles. The quantitative estimate of drug-likeness (QED) is 0.548. The second-order valence-electron chi connectivity index (χ2n) is 3.64. The van der Waals surface area contributed by atoms with Crippen LogP contribution in [0.4, 0.5) is 0 Å². The van der Waals surface area contributed by atoms with Crippen LogP contribution in [-0.4, -0.2) is 5.54 Å². The molecule has 0 amide bonds. The van der Waals surface area contributed by atoms with Gasteiger partial charge in [-0.15, -0.1) is 0 Å². The maximum atomic E-state index is 4.09. The first-order valence-corrected chi connectivity index (χ1v) is 3.80. The van der Waals surface area contributed by atoms with E-state index in [9.17, 15) is 0 Å². The Bertz CT molecular complexity index is 240. The van der Waals surface area contributed by atoms with Crippen molar-refractivity contribution in [1.29, 1.82) is 0 Å². The van der Waals surface area contributed by atoms with Crippen LogP contribution in [0.3, 0.4) is 0 Å². The Morgan fingerprint density at radius 1 is 1.45 bits per heavy atom. The zero-order valence-electron chi connectivity index (χ0n) is 7.55. The van der Waals surface area contributed by atoms with Gasteiger partial charge in [0.1, 0.15) is 0 Å². The molecular formula is C9H14N2. The summed E-state index contributed by atoms with van der Waals surface area (Å²) < 4.78 is 0. The molecule has 0 bridgehead atoms. The average Bonchev–Trinajstić information content (AvgIpc) is 2.08. The number of azo groups is 1. The van der Waals surface area contributed by atoms with Gasteiger partial charge in [-0.3, -0.25) is 0 Å². The monoisotopic (exact) mass is 150 g/mol. The van der Waals surface area contributed by atoms with E-state index in [1.165, 1.54) is 5.57 Å². The van der Waals surface area contributed by atoms with E-state index in [2.05, 4.69) is 30.2 Å². The predicted molar refractivity (Wildman–Crippen MR) is 46.4 cm³/mol. The highest BCUT2D eigenvalue weighted by molar-refractivity contribution is 5.27.